The second kappa shape index (κ2) is 8.09. The molecule has 0 heterocycles. The fourth-order valence-electron chi connectivity index (χ4n) is 1.78. The van der Waals surface area contributed by atoms with Gasteiger partial charge in [0.1, 0.15) is 5.75 Å². The smallest absolute Gasteiger partial charge is 0.118 e. The van der Waals surface area contributed by atoms with E-state index in [0.717, 1.165) is 31.7 Å². The van der Waals surface area contributed by atoms with Crippen LogP contribution in [0.1, 0.15) is 31.4 Å². The predicted octanol–water partition coefficient (Wildman–Crippen LogP) is 2.77. The molecular formula is C14H23NO2. The molecular weight excluding hydrogens is 214 g/mol. The van der Waals surface area contributed by atoms with Crippen LogP contribution in [0.25, 0.3) is 0 Å². The van der Waals surface area contributed by atoms with Gasteiger partial charge >= 0.3 is 0 Å². The molecule has 1 aromatic rings. The van der Waals surface area contributed by atoms with Crippen molar-refractivity contribution < 1.29 is 9.47 Å². The number of ether oxygens (including phenoxy) is 2. The number of hydrogen-bond donors (Lipinski definition) is 1. The predicted molar refractivity (Wildman–Crippen MR) is 70.5 cm³/mol. The summed E-state index contributed by atoms with van der Waals surface area (Å²) < 4.78 is 10.3. The number of nitrogens with one attached hydrogen (secondary N) is 1. The average molecular weight is 237 g/mol. The van der Waals surface area contributed by atoms with Gasteiger partial charge in [-0.05, 0) is 37.1 Å². The van der Waals surface area contributed by atoms with Gasteiger partial charge in [-0.25, -0.2) is 0 Å². The van der Waals surface area contributed by atoms with E-state index < -0.39 is 0 Å². The quantitative estimate of drug-likeness (QED) is 0.754. The van der Waals surface area contributed by atoms with Gasteiger partial charge in [-0.2, -0.15) is 0 Å². The molecule has 1 atom stereocenters. The number of rotatable bonds is 8. The first-order chi connectivity index (χ1) is 8.31. The molecule has 0 radical (unpaired) electrons. The highest BCUT2D eigenvalue weighted by molar-refractivity contribution is 5.29. The van der Waals surface area contributed by atoms with Gasteiger partial charge in [0.2, 0.25) is 0 Å². The Hall–Kier alpha value is -1.06. The van der Waals surface area contributed by atoms with Crippen molar-refractivity contribution in [3.8, 4) is 5.75 Å². The van der Waals surface area contributed by atoms with Crippen molar-refractivity contribution >= 4 is 0 Å². The Morgan fingerprint density at radius 3 is 2.41 bits per heavy atom. The third kappa shape index (κ3) is 4.75. The lowest BCUT2D eigenvalue weighted by atomic mass is 10.0. The lowest BCUT2D eigenvalue weighted by Crippen LogP contribution is -2.23. The molecule has 0 fully saturated rings. The van der Waals surface area contributed by atoms with E-state index in [-0.39, 0.29) is 0 Å². The summed E-state index contributed by atoms with van der Waals surface area (Å²) in [7, 11) is 3.43. The molecule has 0 saturated heterocycles. The molecule has 3 nitrogen and oxygen atoms in total. The minimum atomic E-state index is 0.362. The summed E-state index contributed by atoms with van der Waals surface area (Å²) in [5.74, 6) is 0.898. The van der Waals surface area contributed by atoms with Crippen molar-refractivity contribution in [1.29, 1.82) is 0 Å². The lowest BCUT2D eigenvalue weighted by molar-refractivity contribution is 0.183. The van der Waals surface area contributed by atoms with E-state index in [2.05, 4.69) is 24.4 Å². The molecule has 1 aromatic carbocycles. The Morgan fingerprint density at radius 1 is 1.18 bits per heavy atom. The molecule has 3 heteroatoms. The standard InChI is InChI=1S/C14H23NO2/c1-4-10-15-14(9-11-16-2)12-5-7-13(17-3)8-6-12/h5-8,14-15H,4,9-11H2,1-3H3. The van der Waals surface area contributed by atoms with E-state index in [9.17, 15) is 0 Å². The Balaban J connectivity index is 2.65. The summed E-state index contributed by atoms with van der Waals surface area (Å²) in [6, 6.07) is 8.59. The molecule has 0 aliphatic rings. The fraction of sp³-hybridized carbons (Fsp3) is 0.571. The van der Waals surface area contributed by atoms with Crippen molar-refractivity contribution in [2.75, 3.05) is 27.4 Å². The minimum absolute atomic E-state index is 0.362. The van der Waals surface area contributed by atoms with Crippen LogP contribution in [0, 0.1) is 0 Å². The third-order valence-electron chi connectivity index (χ3n) is 2.77. The van der Waals surface area contributed by atoms with E-state index in [0.29, 0.717) is 6.04 Å². The molecule has 0 aromatic heterocycles. The van der Waals surface area contributed by atoms with Crippen molar-refractivity contribution in [2.45, 2.75) is 25.8 Å². The first-order valence-electron chi connectivity index (χ1n) is 6.18. The SMILES string of the molecule is CCCNC(CCOC)c1ccc(OC)cc1. The molecule has 17 heavy (non-hydrogen) atoms. The lowest BCUT2D eigenvalue weighted by Gasteiger charge is -2.18. The van der Waals surface area contributed by atoms with Crippen molar-refractivity contribution in [1.82, 2.24) is 5.32 Å². The molecule has 1 unspecified atom stereocenters. The maximum absolute atomic E-state index is 5.17. The van der Waals surface area contributed by atoms with Crippen LogP contribution in [0.3, 0.4) is 0 Å². The van der Waals surface area contributed by atoms with Gasteiger partial charge in [0.15, 0.2) is 0 Å². The Bertz CT molecular complexity index is 290. The Labute approximate surface area is 104 Å². The molecule has 0 spiro atoms. The summed E-state index contributed by atoms with van der Waals surface area (Å²) in [5, 5.41) is 3.54. The monoisotopic (exact) mass is 237 g/mol. The molecule has 0 bridgehead atoms. The van der Waals surface area contributed by atoms with Gasteiger partial charge in [0.05, 0.1) is 7.11 Å². The van der Waals surface area contributed by atoms with Gasteiger partial charge in [-0.15, -0.1) is 0 Å². The van der Waals surface area contributed by atoms with Gasteiger partial charge in [-0.1, -0.05) is 19.1 Å². The zero-order chi connectivity index (χ0) is 12.5. The molecule has 1 rings (SSSR count). The molecule has 96 valence electrons. The largest absolute Gasteiger partial charge is 0.497 e. The van der Waals surface area contributed by atoms with Crippen LogP contribution in [-0.4, -0.2) is 27.4 Å². The zero-order valence-electron chi connectivity index (χ0n) is 11.0. The van der Waals surface area contributed by atoms with Gasteiger partial charge in [-0.3, -0.25) is 0 Å². The highest BCUT2D eigenvalue weighted by atomic mass is 16.5. The van der Waals surface area contributed by atoms with Crippen LogP contribution >= 0.6 is 0 Å². The Morgan fingerprint density at radius 2 is 1.88 bits per heavy atom. The molecule has 0 saturated carbocycles. The van der Waals surface area contributed by atoms with E-state index in [4.69, 9.17) is 9.47 Å². The highest BCUT2D eigenvalue weighted by Gasteiger charge is 2.10. The summed E-state index contributed by atoms with van der Waals surface area (Å²) in [6.07, 6.45) is 2.13. The fourth-order valence-corrected chi connectivity index (χ4v) is 1.78. The summed E-state index contributed by atoms with van der Waals surface area (Å²) in [6.45, 7) is 3.97. The maximum Gasteiger partial charge on any atom is 0.118 e. The van der Waals surface area contributed by atoms with E-state index >= 15 is 0 Å². The van der Waals surface area contributed by atoms with Crippen molar-refractivity contribution in [3.05, 3.63) is 29.8 Å². The topological polar surface area (TPSA) is 30.5 Å². The normalized spacial score (nSPS) is 12.4. The second-order valence-electron chi connectivity index (χ2n) is 4.06. The number of hydrogen-bond acceptors (Lipinski definition) is 3. The van der Waals surface area contributed by atoms with E-state index in [1.54, 1.807) is 14.2 Å². The Kier molecular flexibility index (Phi) is 6.67. The van der Waals surface area contributed by atoms with Crippen LogP contribution in [0.4, 0.5) is 0 Å². The highest BCUT2D eigenvalue weighted by Crippen LogP contribution is 2.20. The number of benzene rings is 1. The second-order valence-corrected chi connectivity index (χ2v) is 4.06. The summed E-state index contributed by atoms with van der Waals surface area (Å²) in [4.78, 5) is 0. The van der Waals surface area contributed by atoms with Crippen LogP contribution in [0.2, 0.25) is 0 Å². The first-order valence-corrected chi connectivity index (χ1v) is 6.18. The first kappa shape index (κ1) is 14.0. The van der Waals surface area contributed by atoms with Crippen molar-refractivity contribution in [2.24, 2.45) is 0 Å². The number of methoxy groups -OCH3 is 2. The van der Waals surface area contributed by atoms with Gasteiger partial charge in [0.25, 0.3) is 0 Å². The summed E-state index contributed by atoms with van der Waals surface area (Å²) in [5.41, 5.74) is 1.29. The zero-order valence-corrected chi connectivity index (χ0v) is 11.0. The van der Waals surface area contributed by atoms with Crippen LogP contribution in [-0.2, 0) is 4.74 Å². The minimum Gasteiger partial charge on any atom is -0.497 e. The van der Waals surface area contributed by atoms with Gasteiger partial charge < -0.3 is 14.8 Å². The van der Waals surface area contributed by atoms with Crippen LogP contribution < -0.4 is 10.1 Å². The van der Waals surface area contributed by atoms with Crippen LogP contribution in [0.5, 0.6) is 5.75 Å². The van der Waals surface area contributed by atoms with Crippen LogP contribution in [0.15, 0.2) is 24.3 Å². The molecule has 1 N–H and O–H groups in total. The van der Waals surface area contributed by atoms with Gasteiger partial charge in [0, 0.05) is 19.8 Å². The van der Waals surface area contributed by atoms with E-state index in [1.165, 1.54) is 5.56 Å². The average Bonchev–Trinajstić information content (AvgIpc) is 2.39. The van der Waals surface area contributed by atoms with Crippen molar-refractivity contribution in [3.63, 3.8) is 0 Å². The molecule has 0 aliphatic heterocycles. The maximum atomic E-state index is 5.17. The molecule has 0 aliphatic carbocycles. The van der Waals surface area contributed by atoms with E-state index in [1.807, 2.05) is 12.1 Å². The molecule has 0 amide bonds. The summed E-state index contributed by atoms with van der Waals surface area (Å²) >= 11 is 0. The third-order valence-corrected chi connectivity index (χ3v) is 2.77.